The van der Waals surface area contributed by atoms with Gasteiger partial charge in [0.2, 0.25) is 0 Å². The maximum Gasteiger partial charge on any atom is 0.373 e. The molecule has 4 nitrogen and oxygen atoms in total. The van der Waals surface area contributed by atoms with Crippen molar-refractivity contribution in [3.8, 4) is 0 Å². The smallest absolute Gasteiger partial charge is 0.373 e. The van der Waals surface area contributed by atoms with E-state index >= 15 is 0 Å². The van der Waals surface area contributed by atoms with Crippen molar-refractivity contribution >= 4 is 58.9 Å². The Hall–Kier alpha value is 0.170. The summed E-state index contributed by atoms with van der Waals surface area (Å²) in [4.78, 5) is 25.2. The average molecular weight is 250 g/mol. The average Bonchev–Trinajstić information content (AvgIpc) is 1.33. The normalized spacial score (nSPS) is 3.09. The molecule has 0 aromatic carbocycles. The molecule has 0 atom stereocenters. The second-order valence-corrected chi connectivity index (χ2v) is 1.19. The Kier molecular flexibility index (Phi) is 193. The molecule has 0 spiro atoms. The molecule has 0 heterocycles. The van der Waals surface area contributed by atoms with E-state index in [9.17, 15) is 0 Å². The van der Waals surface area contributed by atoms with Gasteiger partial charge in [0.15, 0.2) is 0 Å². The zero-order valence-electron chi connectivity index (χ0n) is 4.30. The van der Waals surface area contributed by atoms with E-state index in [0.717, 1.165) is 0 Å². The van der Waals surface area contributed by atoms with Crippen LogP contribution < -0.4 is 0 Å². The zero-order chi connectivity index (χ0) is 6.28. The summed E-state index contributed by atoms with van der Waals surface area (Å²) in [5.41, 5.74) is 0. The molecule has 72 valence electrons. The van der Waals surface area contributed by atoms with Gasteiger partial charge < -0.3 is 5.48 Å². The van der Waals surface area contributed by atoms with E-state index in [1.807, 2.05) is 0 Å². The second kappa shape index (κ2) is 49.2. The topological polar surface area (TPSA) is 82.7 Å². The summed E-state index contributed by atoms with van der Waals surface area (Å²) in [5.74, 6) is 0. The number of hydrogen-bond donors (Lipinski definition) is 0. The van der Waals surface area contributed by atoms with Crippen LogP contribution in [-0.2, 0) is 9.59 Å². The lowest BCUT2D eigenvalue weighted by Gasteiger charge is -1.48. The summed E-state index contributed by atoms with van der Waals surface area (Å²) in [6.45, 7) is 0. The fraction of sp³-hybridized carbons (Fsp3) is 0.333. The van der Waals surface area contributed by atoms with Crippen LogP contribution in [0, 0.1) is 0 Å². The molecule has 11 heavy (non-hydrogen) atoms. The monoisotopic (exact) mass is 248 g/mol. The molecule has 0 unspecified atom stereocenters. The molecule has 2 N–H and O–H groups in total. The fourth-order valence-electron chi connectivity index (χ4n) is 0. The third-order valence-electron chi connectivity index (χ3n) is 0. The van der Waals surface area contributed by atoms with Gasteiger partial charge in [-0.25, -0.2) is 0 Å². The molecule has 0 amide bonds. The van der Waals surface area contributed by atoms with Gasteiger partial charge in [-0.3, -0.25) is 4.79 Å². The summed E-state index contributed by atoms with van der Waals surface area (Å²) < 4.78 is -0.889. The van der Waals surface area contributed by atoms with Crippen LogP contribution in [0.5, 0.6) is 0 Å². The summed E-state index contributed by atoms with van der Waals surface area (Å²) in [5, 5.41) is 0. The van der Waals surface area contributed by atoms with Crippen molar-refractivity contribution < 1.29 is 19.9 Å². The van der Waals surface area contributed by atoms with Crippen LogP contribution in [0.1, 0.15) is 7.43 Å². The van der Waals surface area contributed by atoms with Crippen molar-refractivity contribution in [1.82, 2.24) is 0 Å². The van der Waals surface area contributed by atoms with Crippen molar-refractivity contribution in [3.05, 3.63) is 0 Å². The number of carbonyl (C=O) groups excluding carboxylic acids is 3. The van der Waals surface area contributed by atoms with Crippen LogP contribution in [-0.4, -0.2) is 16.3 Å². The first kappa shape index (κ1) is 43.2. The lowest BCUT2D eigenvalue weighted by molar-refractivity contribution is -0.191. The first-order valence-corrected chi connectivity index (χ1v) is 1.75. The molecule has 0 bridgehead atoms. The highest BCUT2D eigenvalue weighted by Crippen LogP contribution is 1.84. The molecule has 0 radical (unpaired) electrons. The predicted octanol–water partition coefficient (Wildman–Crippen LogP) is 1.66. The third kappa shape index (κ3) is 23500. The van der Waals surface area contributed by atoms with Crippen molar-refractivity contribution in [2.45, 2.75) is 7.43 Å². The van der Waals surface area contributed by atoms with Crippen LogP contribution in [0.4, 0.5) is 4.79 Å². The molecule has 0 saturated heterocycles. The van der Waals surface area contributed by atoms with Crippen molar-refractivity contribution in [2.24, 2.45) is 0 Å². The number of hydrogen-bond acceptors (Lipinski definition) is 3. The van der Waals surface area contributed by atoms with E-state index in [1.165, 1.54) is 0 Å². The van der Waals surface area contributed by atoms with Crippen molar-refractivity contribution in [3.63, 3.8) is 0 Å². The van der Waals surface area contributed by atoms with Crippen LogP contribution in [0.3, 0.4) is 0 Å². The minimum atomic E-state index is -0.889. The first-order valence-electron chi connectivity index (χ1n) is 0.990. The van der Waals surface area contributed by atoms with Gasteiger partial charge in [-0.05, 0) is 23.2 Å². The van der Waals surface area contributed by atoms with Crippen LogP contribution in [0.25, 0.3) is 0 Å². The van der Waals surface area contributed by atoms with Gasteiger partial charge >= 0.3 is 10.9 Å². The van der Waals surface area contributed by atoms with Gasteiger partial charge in [-0.15, -0.1) is 24.8 Å². The number of rotatable bonds is 0. The highest BCUT2D eigenvalue weighted by Gasteiger charge is 1.72. The Morgan fingerprint density at radius 2 is 1.09 bits per heavy atom. The lowest BCUT2D eigenvalue weighted by Crippen LogP contribution is -1.46. The van der Waals surface area contributed by atoms with Gasteiger partial charge in [0.1, 0.15) is 0 Å². The molecule has 0 aliphatic rings. The van der Waals surface area contributed by atoms with Gasteiger partial charge in [-0.2, -0.15) is 9.59 Å². The van der Waals surface area contributed by atoms with Gasteiger partial charge in [0.25, 0.3) is 0 Å². The predicted molar refractivity (Wildman–Crippen MR) is 46.9 cm³/mol. The molecule has 0 aromatic heterocycles. The summed E-state index contributed by atoms with van der Waals surface area (Å²) >= 11 is 8.80. The second-order valence-electron chi connectivity index (χ2n) is 0.309. The minimum absolute atomic E-state index is 0. The van der Waals surface area contributed by atoms with E-state index in [1.54, 1.807) is 0 Å². The van der Waals surface area contributed by atoms with E-state index in [0.29, 0.717) is 0 Å². The van der Waals surface area contributed by atoms with Crippen LogP contribution in [0.2, 0.25) is 0 Å². The van der Waals surface area contributed by atoms with Gasteiger partial charge in [-0.1, -0.05) is 7.43 Å². The quantitative estimate of drug-likeness (QED) is 0.612. The highest BCUT2D eigenvalue weighted by molar-refractivity contribution is 6.93. The standard InChI is InChI=1S/CCl2O.CO2.CH4.2ClH.H2O/c2-1(3)4;2-1-3;;;;/h;;1H4;2*1H;1H2. The van der Waals surface area contributed by atoms with E-state index < -0.39 is 4.70 Å². The molecule has 0 aliphatic heterocycles. The van der Waals surface area contributed by atoms with Crippen molar-refractivity contribution in [2.75, 3.05) is 0 Å². The maximum absolute atomic E-state index is 8.98. The Morgan fingerprint density at radius 1 is 1.09 bits per heavy atom. The highest BCUT2D eigenvalue weighted by atomic mass is 35.5. The minimum Gasteiger partial charge on any atom is -0.412 e. The summed E-state index contributed by atoms with van der Waals surface area (Å²) in [6, 6.07) is 0. The molecule has 0 aromatic rings. The number of halogens is 4. The van der Waals surface area contributed by atoms with Crippen molar-refractivity contribution in [1.29, 1.82) is 0 Å². The van der Waals surface area contributed by atoms with Crippen LogP contribution >= 0.6 is 48.0 Å². The zero-order valence-corrected chi connectivity index (χ0v) is 7.44. The Morgan fingerprint density at radius 3 is 1.09 bits per heavy atom. The van der Waals surface area contributed by atoms with Crippen LogP contribution in [0.15, 0.2) is 0 Å². The lowest BCUT2D eigenvalue weighted by atomic mass is 11.8. The fourth-order valence-corrected chi connectivity index (χ4v) is 0. The molecule has 0 rings (SSSR count). The molecule has 8 heteroatoms. The Bertz CT molecular complexity index is 85.3. The Labute approximate surface area is 86.4 Å². The summed E-state index contributed by atoms with van der Waals surface area (Å²) in [7, 11) is 0. The van der Waals surface area contributed by atoms with E-state index in [-0.39, 0.29) is 43.9 Å². The third-order valence-corrected chi connectivity index (χ3v) is 0. The maximum atomic E-state index is 8.98. The van der Waals surface area contributed by atoms with E-state index in [4.69, 9.17) is 14.4 Å². The SMILES string of the molecule is C.Cl.Cl.O.O=C(Cl)Cl.O=C=O. The molecular weight excluding hydrogens is 242 g/mol. The first-order chi connectivity index (χ1) is 3.15. The molecule has 0 aliphatic carbocycles. The van der Waals surface area contributed by atoms with Gasteiger partial charge in [0, 0.05) is 0 Å². The van der Waals surface area contributed by atoms with Gasteiger partial charge in [0.05, 0.1) is 0 Å². The number of carbonyl (C=O) groups is 1. The molecular formula is C3H8Cl4O4. The largest absolute Gasteiger partial charge is 0.412 e. The molecule has 0 saturated carbocycles. The Balaban J connectivity index is -0.00000000848. The van der Waals surface area contributed by atoms with E-state index in [2.05, 4.69) is 23.2 Å². The summed E-state index contributed by atoms with van der Waals surface area (Å²) in [6.07, 6.45) is 0.250. The molecule has 0 fully saturated rings.